The zero-order valence-electron chi connectivity index (χ0n) is 24.3. The van der Waals surface area contributed by atoms with Crippen molar-refractivity contribution in [2.24, 2.45) is 0 Å². The molecule has 3 aromatic rings. The van der Waals surface area contributed by atoms with Gasteiger partial charge in [0, 0.05) is 5.69 Å². The minimum absolute atomic E-state index is 0.0113. The average Bonchev–Trinajstić information content (AvgIpc) is 2.98. The molecule has 0 atom stereocenters. The van der Waals surface area contributed by atoms with Gasteiger partial charge in [-0.3, -0.25) is 9.69 Å². The van der Waals surface area contributed by atoms with E-state index in [0.29, 0.717) is 11.4 Å². The molecule has 4 rings (SSSR count). The van der Waals surface area contributed by atoms with Gasteiger partial charge in [0.1, 0.15) is 30.3 Å². The molecule has 0 spiro atoms. The van der Waals surface area contributed by atoms with E-state index in [-0.39, 0.29) is 54.8 Å². The summed E-state index contributed by atoms with van der Waals surface area (Å²) in [7, 11) is 1.24. The third-order valence-electron chi connectivity index (χ3n) is 5.85. The van der Waals surface area contributed by atoms with E-state index in [1.54, 1.807) is 51.1 Å². The van der Waals surface area contributed by atoms with Crippen molar-refractivity contribution >= 4 is 41.2 Å². The van der Waals surface area contributed by atoms with Crippen molar-refractivity contribution in [1.29, 1.82) is 0 Å². The number of amides is 4. The fourth-order valence-electron chi connectivity index (χ4n) is 3.94. The van der Waals surface area contributed by atoms with Gasteiger partial charge in [0.05, 0.1) is 31.5 Å². The van der Waals surface area contributed by atoms with Gasteiger partial charge in [-0.05, 0) is 63.2 Å². The Morgan fingerprint density at radius 2 is 1.77 bits per heavy atom. The van der Waals surface area contributed by atoms with Gasteiger partial charge in [0.15, 0.2) is 11.6 Å². The van der Waals surface area contributed by atoms with Crippen LogP contribution in [0.4, 0.5) is 26.8 Å². The number of benzene rings is 2. The van der Waals surface area contributed by atoms with Gasteiger partial charge in [-0.2, -0.15) is 0 Å². The first-order valence-corrected chi connectivity index (χ1v) is 13.4. The summed E-state index contributed by atoms with van der Waals surface area (Å²) >= 11 is 0. The van der Waals surface area contributed by atoms with Gasteiger partial charge in [0.25, 0.3) is 5.91 Å². The third-order valence-corrected chi connectivity index (χ3v) is 5.85. The number of para-hydroxylation sites is 1. The lowest BCUT2D eigenvalue weighted by molar-refractivity contribution is 0.0518. The van der Waals surface area contributed by atoms with Crippen LogP contribution in [-0.2, 0) is 9.47 Å². The highest BCUT2D eigenvalue weighted by Gasteiger charge is 2.27. The number of urea groups is 1. The minimum atomic E-state index is -0.647. The van der Waals surface area contributed by atoms with Gasteiger partial charge in [-0.25, -0.2) is 19.4 Å². The van der Waals surface area contributed by atoms with E-state index < -0.39 is 29.6 Å². The number of anilines is 3. The zero-order valence-corrected chi connectivity index (χ0v) is 24.3. The zero-order chi connectivity index (χ0) is 31.0. The number of nitrogens with one attached hydrogen (secondary N) is 3. The number of methoxy groups -OCH3 is 1. The standard InChI is InChI=1S/C30H33N5O8/c1-30(2,3)43-29(39)31-14-16-41-23-12-10-19(27(37)40-4)18-22(23)34-26(36)21-11-13-24-25(33-21)35(15-17-42-24)28(38)32-20-8-6-5-7-9-20/h5-13,18H,14-17H2,1-4H3,(H,31,39)(H,32,38)(H,34,36). The van der Waals surface area contributed by atoms with E-state index in [2.05, 4.69) is 20.9 Å². The second-order valence-electron chi connectivity index (χ2n) is 10.2. The number of fused-ring (bicyclic) bond motifs is 1. The smallest absolute Gasteiger partial charge is 0.407 e. The molecule has 0 aliphatic carbocycles. The average molecular weight is 592 g/mol. The normalized spacial score (nSPS) is 12.2. The maximum atomic E-state index is 13.3. The predicted molar refractivity (Wildman–Crippen MR) is 158 cm³/mol. The van der Waals surface area contributed by atoms with Crippen LogP contribution in [0, 0.1) is 0 Å². The third kappa shape index (κ3) is 8.35. The van der Waals surface area contributed by atoms with Crippen LogP contribution in [0.15, 0.2) is 60.7 Å². The van der Waals surface area contributed by atoms with E-state index in [4.69, 9.17) is 18.9 Å². The summed E-state index contributed by atoms with van der Waals surface area (Å²) in [5.74, 6) is -0.481. The lowest BCUT2D eigenvalue weighted by Gasteiger charge is -2.28. The summed E-state index contributed by atoms with van der Waals surface area (Å²) in [6, 6.07) is 15.9. The fourth-order valence-corrected chi connectivity index (χ4v) is 3.94. The highest BCUT2D eigenvalue weighted by molar-refractivity contribution is 6.06. The molecule has 13 heteroatoms. The van der Waals surface area contributed by atoms with E-state index in [1.165, 1.54) is 36.3 Å². The van der Waals surface area contributed by atoms with Crippen LogP contribution in [-0.4, -0.2) is 68.0 Å². The summed E-state index contributed by atoms with van der Waals surface area (Å²) in [4.78, 5) is 56.3. The second-order valence-corrected chi connectivity index (χ2v) is 10.2. The van der Waals surface area contributed by atoms with Crippen molar-refractivity contribution in [3.63, 3.8) is 0 Å². The molecule has 0 bridgehead atoms. The van der Waals surface area contributed by atoms with Gasteiger partial charge in [-0.1, -0.05) is 18.2 Å². The van der Waals surface area contributed by atoms with Crippen LogP contribution in [0.3, 0.4) is 0 Å². The summed E-state index contributed by atoms with van der Waals surface area (Å²) in [5, 5.41) is 8.11. The minimum Gasteiger partial charge on any atom is -0.490 e. The molecule has 0 saturated carbocycles. The molecule has 0 unspecified atom stereocenters. The summed E-state index contributed by atoms with van der Waals surface area (Å²) in [6.07, 6.45) is -0.598. The number of aromatic nitrogens is 1. The first kappa shape index (κ1) is 30.6. The maximum Gasteiger partial charge on any atom is 0.407 e. The number of hydrogen-bond acceptors (Lipinski definition) is 9. The number of nitrogens with zero attached hydrogens (tertiary/aromatic N) is 2. The molecule has 13 nitrogen and oxygen atoms in total. The van der Waals surface area contributed by atoms with E-state index in [0.717, 1.165) is 0 Å². The molecule has 0 fully saturated rings. The van der Waals surface area contributed by atoms with Crippen molar-refractivity contribution in [2.75, 3.05) is 48.9 Å². The molecule has 1 aliphatic rings. The lowest BCUT2D eigenvalue weighted by atomic mass is 10.1. The highest BCUT2D eigenvalue weighted by Crippen LogP contribution is 2.31. The Morgan fingerprint density at radius 3 is 2.49 bits per heavy atom. The number of carbonyl (C=O) groups is 4. The Kier molecular flexibility index (Phi) is 9.65. The van der Waals surface area contributed by atoms with Crippen LogP contribution >= 0.6 is 0 Å². The molecule has 1 aromatic heterocycles. The van der Waals surface area contributed by atoms with E-state index in [1.807, 2.05) is 6.07 Å². The summed E-state index contributed by atoms with van der Waals surface area (Å²) in [5.41, 5.74) is 0.287. The molecule has 226 valence electrons. The quantitative estimate of drug-likeness (QED) is 0.254. The molecule has 2 aromatic carbocycles. The lowest BCUT2D eigenvalue weighted by Crippen LogP contribution is -2.41. The van der Waals surface area contributed by atoms with Gasteiger partial charge in [-0.15, -0.1) is 0 Å². The van der Waals surface area contributed by atoms with Crippen molar-refractivity contribution in [3.05, 3.63) is 71.9 Å². The Morgan fingerprint density at radius 1 is 1.00 bits per heavy atom. The monoisotopic (exact) mass is 591 g/mol. The number of ether oxygens (including phenoxy) is 4. The van der Waals surface area contributed by atoms with Crippen molar-refractivity contribution in [1.82, 2.24) is 10.3 Å². The van der Waals surface area contributed by atoms with Gasteiger partial charge >= 0.3 is 18.1 Å². The largest absolute Gasteiger partial charge is 0.490 e. The van der Waals surface area contributed by atoms with Gasteiger partial charge < -0.3 is 34.9 Å². The van der Waals surface area contributed by atoms with Crippen LogP contribution in [0.2, 0.25) is 0 Å². The molecule has 43 heavy (non-hydrogen) atoms. The highest BCUT2D eigenvalue weighted by atomic mass is 16.6. The Labute approximate surface area is 248 Å². The summed E-state index contributed by atoms with van der Waals surface area (Å²) in [6.45, 7) is 5.90. The Hall–Kier alpha value is -5.33. The first-order chi connectivity index (χ1) is 20.5. The number of hydrogen-bond donors (Lipinski definition) is 3. The number of alkyl carbamates (subject to hydrolysis) is 1. The molecule has 2 heterocycles. The molecule has 1 aliphatic heterocycles. The summed E-state index contributed by atoms with van der Waals surface area (Å²) < 4.78 is 21.4. The molecular formula is C30H33N5O8. The van der Waals surface area contributed by atoms with Crippen molar-refractivity contribution in [3.8, 4) is 11.5 Å². The Bertz CT molecular complexity index is 1490. The number of pyridine rings is 1. The molecule has 0 radical (unpaired) electrons. The molecule has 0 saturated heterocycles. The second kappa shape index (κ2) is 13.6. The molecular weight excluding hydrogens is 558 g/mol. The van der Waals surface area contributed by atoms with E-state index in [9.17, 15) is 19.2 Å². The predicted octanol–water partition coefficient (Wildman–Crippen LogP) is 4.45. The molecule has 3 N–H and O–H groups in total. The van der Waals surface area contributed by atoms with E-state index >= 15 is 0 Å². The van der Waals surface area contributed by atoms with Crippen LogP contribution in [0.1, 0.15) is 41.6 Å². The number of carbonyl (C=O) groups excluding carboxylic acids is 4. The van der Waals surface area contributed by atoms with Crippen molar-refractivity contribution in [2.45, 2.75) is 26.4 Å². The number of esters is 1. The number of rotatable bonds is 8. The van der Waals surface area contributed by atoms with Gasteiger partial charge in [0.2, 0.25) is 0 Å². The van der Waals surface area contributed by atoms with Crippen LogP contribution in [0.25, 0.3) is 0 Å². The maximum absolute atomic E-state index is 13.3. The SMILES string of the molecule is COC(=O)c1ccc(OCCNC(=O)OC(C)(C)C)c(NC(=O)c2ccc3c(n2)N(C(=O)Nc2ccccc2)CCO3)c1. The van der Waals surface area contributed by atoms with Crippen molar-refractivity contribution < 1.29 is 38.1 Å². The van der Waals surface area contributed by atoms with Crippen LogP contribution in [0.5, 0.6) is 11.5 Å². The van der Waals surface area contributed by atoms with Crippen LogP contribution < -0.4 is 30.3 Å². The Balaban J connectivity index is 1.50. The first-order valence-electron chi connectivity index (χ1n) is 13.4. The topological polar surface area (TPSA) is 157 Å². The fraction of sp³-hybridized carbons (Fsp3) is 0.300. The molecule has 4 amide bonds.